The molecular formula is C15H20F2N2O. The molecule has 0 unspecified atom stereocenters. The van der Waals surface area contributed by atoms with Crippen LogP contribution >= 0.6 is 0 Å². The molecule has 1 aromatic carbocycles. The summed E-state index contributed by atoms with van der Waals surface area (Å²) < 4.78 is 26.5. The molecule has 1 fully saturated rings. The second-order valence-electron chi connectivity index (χ2n) is 5.75. The van der Waals surface area contributed by atoms with Crippen LogP contribution in [0.25, 0.3) is 0 Å². The molecule has 1 aromatic rings. The van der Waals surface area contributed by atoms with Gasteiger partial charge in [-0.15, -0.1) is 0 Å². The van der Waals surface area contributed by atoms with Crippen LogP contribution in [0.2, 0.25) is 0 Å². The maximum Gasteiger partial charge on any atom is 0.224 e. The van der Waals surface area contributed by atoms with Crippen LogP contribution in [0.3, 0.4) is 0 Å². The lowest BCUT2D eigenvalue weighted by Gasteiger charge is -2.34. The minimum atomic E-state index is -0.547. The maximum atomic E-state index is 13.4. The van der Waals surface area contributed by atoms with Gasteiger partial charge in [0.2, 0.25) is 5.91 Å². The SMILES string of the molecule is CC1(CNC(=O)Cc2cc(F)ccc2F)CCNCC1. The zero-order valence-electron chi connectivity index (χ0n) is 11.6. The van der Waals surface area contributed by atoms with Crippen molar-refractivity contribution in [3.63, 3.8) is 0 Å². The van der Waals surface area contributed by atoms with Crippen molar-refractivity contribution in [1.82, 2.24) is 10.6 Å². The molecule has 1 amide bonds. The molecule has 1 aliphatic heterocycles. The minimum absolute atomic E-state index is 0.0847. The van der Waals surface area contributed by atoms with E-state index in [0.29, 0.717) is 6.54 Å². The molecule has 1 aliphatic rings. The summed E-state index contributed by atoms with van der Waals surface area (Å²) >= 11 is 0. The van der Waals surface area contributed by atoms with E-state index in [1.165, 1.54) is 0 Å². The molecule has 0 spiro atoms. The van der Waals surface area contributed by atoms with Gasteiger partial charge in [-0.1, -0.05) is 6.92 Å². The third kappa shape index (κ3) is 4.00. The zero-order chi connectivity index (χ0) is 14.6. The second kappa shape index (κ2) is 6.31. The van der Waals surface area contributed by atoms with Crippen molar-refractivity contribution < 1.29 is 13.6 Å². The Morgan fingerprint density at radius 2 is 2.05 bits per heavy atom. The molecule has 0 saturated carbocycles. The van der Waals surface area contributed by atoms with Gasteiger partial charge in [0.05, 0.1) is 6.42 Å². The van der Waals surface area contributed by atoms with Crippen LogP contribution in [0.4, 0.5) is 8.78 Å². The number of hydrogen-bond acceptors (Lipinski definition) is 2. The number of carbonyl (C=O) groups is 1. The lowest BCUT2D eigenvalue weighted by Crippen LogP contribution is -2.43. The third-order valence-electron chi connectivity index (χ3n) is 3.88. The minimum Gasteiger partial charge on any atom is -0.355 e. The molecule has 5 heteroatoms. The predicted molar refractivity (Wildman–Crippen MR) is 73.3 cm³/mol. The predicted octanol–water partition coefficient (Wildman–Crippen LogP) is 2.01. The highest BCUT2D eigenvalue weighted by molar-refractivity contribution is 5.78. The van der Waals surface area contributed by atoms with E-state index in [9.17, 15) is 13.6 Å². The summed E-state index contributed by atoms with van der Waals surface area (Å²) in [7, 11) is 0. The van der Waals surface area contributed by atoms with E-state index in [2.05, 4.69) is 17.6 Å². The first-order chi connectivity index (χ1) is 9.48. The van der Waals surface area contributed by atoms with Gasteiger partial charge in [0.25, 0.3) is 0 Å². The lowest BCUT2D eigenvalue weighted by molar-refractivity contribution is -0.121. The zero-order valence-corrected chi connectivity index (χ0v) is 11.6. The molecule has 1 saturated heterocycles. The third-order valence-corrected chi connectivity index (χ3v) is 3.88. The van der Waals surface area contributed by atoms with E-state index in [4.69, 9.17) is 0 Å². The molecule has 0 aliphatic carbocycles. The standard InChI is InChI=1S/C15H20F2N2O/c1-15(4-6-18-7-5-15)10-19-14(20)9-11-8-12(16)2-3-13(11)17/h2-3,8,18H,4-7,9-10H2,1H3,(H,19,20). The average Bonchev–Trinajstić information content (AvgIpc) is 2.42. The number of piperidine rings is 1. The molecule has 2 rings (SSSR count). The number of benzene rings is 1. The highest BCUT2D eigenvalue weighted by Gasteiger charge is 2.27. The highest BCUT2D eigenvalue weighted by atomic mass is 19.1. The van der Waals surface area contributed by atoms with Crippen LogP contribution in [-0.4, -0.2) is 25.5 Å². The van der Waals surface area contributed by atoms with Gasteiger partial charge < -0.3 is 10.6 Å². The van der Waals surface area contributed by atoms with Crippen LogP contribution in [-0.2, 0) is 11.2 Å². The first-order valence-electron chi connectivity index (χ1n) is 6.90. The molecule has 0 aromatic heterocycles. The first kappa shape index (κ1) is 14.9. The van der Waals surface area contributed by atoms with Crippen LogP contribution in [0.15, 0.2) is 18.2 Å². The molecule has 0 bridgehead atoms. The maximum absolute atomic E-state index is 13.4. The molecule has 20 heavy (non-hydrogen) atoms. The molecule has 3 nitrogen and oxygen atoms in total. The van der Waals surface area contributed by atoms with Gasteiger partial charge >= 0.3 is 0 Å². The second-order valence-corrected chi connectivity index (χ2v) is 5.75. The van der Waals surface area contributed by atoms with Crippen molar-refractivity contribution in [1.29, 1.82) is 0 Å². The lowest BCUT2D eigenvalue weighted by atomic mass is 9.81. The van der Waals surface area contributed by atoms with E-state index in [-0.39, 0.29) is 23.3 Å². The van der Waals surface area contributed by atoms with E-state index < -0.39 is 11.6 Å². The Bertz CT molecular complexity index is 485. The van der Waals surface area contributed by atoms with E-state index in [1.807, 2.05) is 0 Å². The molecule has 0 atom stereocenters. The summed E-state index contributed by atoms with van der Waals surface area (Å²) in [5, 5.41) is 6.11. The molecule has 2 N–H and O–H groups in total. The van der Waals surface area contributed by atoms with Crippen molar-refractivity contribution in [3.8, 4) is 0 Å². The van der Waals surface area contributed by atoms with Gasteiger partial charge in [-0.3, -0.25) is 4.79 Å². The van der Waals surface area contributed by atoms with Crippen molar-refractivity contribution in [2.75, 3.05) is 19.6 Å². The van der Waals surface area contributed by atoms with Crippen LogP contribution in [0, 0.1) is 17.0 Å². The fraction of sp³-hybridized carbons (Fsp3) is 0.533. The average molecular weight is 282 g/mol. The Kier molecular flexibility index (Phi) is 4.70. The highest BCUT2D eigenvalue weighted by Crippen LogP contribution is 2.26. The number of amides is 1. The van der Waals surface area contributed by atoms with Crippen molar-refractivity contribution >= 4 is 5.91 Å². The van der Waals surface area contributed by atoms with Gasteiger partial charge in [-0.2, -0.15) is 0 Å². The summed E-state index contributed by atoms with van der Waals surface area (Å²) in [6, 6.07) is 3.17. The van der Waals surface area contributed by atoms with E-state index in [0.717, 1.165) is 44.1 Å². The van der Waals surface area contributed by atoms with Crippen LogP contribution in [0.1, 0.15) is 25.3 Å². The quantitative estimate of drug-likeness (QED) is 0.887. The van der Waals surface area contributed by atoms with E-state index >= 15 is 0 Å². The largest absolute Gasteiger partial charge is 0.355 e. The van der Waals surface area contributed by atoms with Crippen molar-refractivity contribution in [2.24, 2.45) is 5.41 Å². The Morgan fingerprint density at radius 3 is 2.75 bits per heavy atom. The number of nitrogens with one attached hydrogen (secondary N) is 2. The first-order valence-corrected chi connectivity index (χ1v) is 6.90. The van der Waals surface area contributed by atoms with Crippen LogP contribution < -0.4 is 10.6 Å². The number of halogens is 2. The van der Waals surface area contributed by atoms with E-state index in [1.54, 1.807) is 0 Å². The summed E-state index contributed by atoms with van der Waals surface area (Å²) in [6.07, 6.45) is 1.88. The fourth-order valence-corrected chi connectivity index (χ4v) is 2.43. The summed E-state index contributed by atoms with van der Waals surface area (Å²) in [5.74, 6) is -1.34. The monoisotopic (exact) mass is 282 g/mol. The Balaban J connectivity index is 1.87. The van der Waals surface area contributed by atoms with Gasteiger partial charge in [-0.05, 0) is 49.5 Å². The van der Waals surface area contributed by atoms with Crippen LogP contribution in [0.5, 0.6) is 0 Å². The van der Waals surface area contributed by atoms with Gasteiger partial charge in [0.15, 0.2) is 0 Å². The summed E-state index contributed by atoms with van der Waals surface area (Å²) in [4.78, 5) is 11.8. The normalized spacial score (nSPS) is 17.8. The molecule has 110 valence electrons. The molecule has 0 radical (unpaired) electrons. The Hall–Kier alpha value is -1.49. The van der Waals surface area contributed by atoms with Crippen molar-refractivity contribution in [2.45, 2.75) is 26.2 Å². The smallest absolute Gasteiger partial charge is 0.224 e. The van der Waals surface area contributed by atoms with Gasteiger partial charge in [0, 0.05) is 12.1 Å². The fourth-order valence-electron chi connectivity index (χ4n) is 2.43. The Labute approximate surface area is 117 Å². The Morgan fingerprint density at radius 1 is 1.35 bits per heavy atom. The topological polar surface area (TPSA) is 41.1 Å². The summed E-state index contributed by atoms with van der Waals surface area (Å²) in [6.45, 7) is 4.61. The molecular weight excluding hydrogens is 262 g/mol. The van der Waals surface area contributed by atoms with Crippen molar-refractivity contribution in [3.05, 3.63) is 35.4 Å². The number of carbonyl (C=O) groups excluding carboxylic acids is 1. The number of rotatable bonds is 4. The summed E-state index contributed by atoms with van der Waals surface area (Å²) in [5.41, 5.74) is 0.180. The van der Waals surface area contributed by atoms with Gasteiger partial charge in [0.1, 0.15) is 11.6 Å². The molecule has 1 heterocycles. The number of hydrogen-bond donors (Lipinski definition) is 2. The van der Waals surface area contributed by atoms with Gasteiger partial charge in [-0.25, -0.2) is 8.78 Å².